The van der Waals surface area contributed by atoms with Crippen molar-refractivity contribution in [2.45, 2.75) is 12.8 Å². The second-order valence-corrected chi connectivity index (χ2v) is 9.40. The van der Waals surface area contributed by atoms with Gasteiger partial charge in [0.1, 0.15) is 23.0 Å². The molecule has 0 unspecified atom stereocenters. The van der Waals surface area contributed by atoms with E-state index in [-0.39, 0.29) is 11.6 Å². The van der Waals surface area contributed by atoms with Crippen molar-refractivity contribution in [2.24, 2.45) is 0 Å². The van der Waals surface area contributed by atoms with Crippen molar-refractivity contribution in [3.05, 3.63) is 131 Å². The number of carbonyl (C=O) groups is 2. The molecular weight excluding hydrogens is 528 g/mol. The van der Waals surface area contributed by atoms with E-state index >= 15 is 0 Å². The van der Waals surface area contributed by atoms with Crippen LogP contribution in [0.2, 0.25) is 0 Å². The first kappa shape index (κ1) is 29.9. The molecule has 0 fully saturated rings. The first-order chi connectivity index (χ1) is 20.5. The number of hydrogen-bond acceptors (Lipinski definition) is 6. The third-order valence-corrected chi connectivity index (χ3v) is 6.40. The molecule has 0 radical (unpaired) electrons. The van der Waals surface area contributed by atoms with Crippen LogP contribution < -0.4 is 18.9 Å². The van der Waals surface area contributed by atoms with E-state index < -0.39 is 0 Å². The van der Waals surface area contributed by atoms with Gasteiger partial charge >= 0.3 is 0 Å². The van der Waals surface area contributed by atoms with Crippen LogP contribution in [0.3, 0.4) is 0 Å². The molecule has 4 aromatic rings. The van der Waals surface area contributed by atoms with E-state index in [9.17, 15) is 9.59 Å². The van der Waals surface area contributed by atoms with Crippen LogP contribution in [0.4, 0.5) is 0 Å². The first-order valence-corrected chi connectivity index (χ1v) is 13.7. The molecule has 4 aromatic carbocycles. The third-order valence-electron chi connectivity index (χ3n) is 6.40. The average Bonchev–Trinajstić information content (AvgIpc) is 3.04. The highest BCUT2D eigenvalue weighted by Gasteiger charge is 2.05. The molecule has 0 saturated carbocycles. The van der Waals surface area contributed by atoms with Crippen molar-refractivity contribution in [1.29, 1.82) is 0 Å². The molecule has 0 aliphatic carbocycles. The zero-order valence-electron chi connectivity index (χ0n) is 23.8. The molecule has 42 heavy (non-hydrogen) atoms. The quantitative estimate of drug-likeness (QED) is 0.0839. The Bertz CT molecular complexity index is 1400. The predicted octanol–water partition coefficient (Wildman–Crippen LogP) is 7.73. The van der Waals surface area contributed by atoms with Crippen molar-refractivity contribution >= 4 is 23.7 Å². The van der Waals surface area contributed by atoms with Crippen LogP contribution in [-0.4, -0.2) is 39.0 Å². The van der Waals surface area contributed by atoms with Gasteiger partial charge in [0.15, 0.2) is 11.6 Å². The molecule has 0 N–H and O–H groups in total. The van der Waals surface area contributed by atoms with Gasteiger partial charge in [-0.3, -0.25) is 9.59 Å². The molecule has 0 aromatic heterocycles. The Morgan fingerprint density at radius 3 is 1.33 bits per heavy atom. The van der Waals surface area contributed by atoms with E-state index in [4.69, 9.17) is 18.9 Å². The van der Waals surface area contributed by atoms with Crippen molar-refractivity contribution < 1.29 is 28.5 Å². The standard InChI is InChI=1S/C36H34O6/c1-39-33-9-5-7-27(25-33)11-21-35(37)29-13-17-31(18-14-29)41-23-3-4-24-42-32-19-15-30(16-20-32)36(38)22-12-28-8-6-10-34(26-28)40-2/h5-22,25-26H,3-4,23-24H2,1-2H3/b21-11+,22-12+. The van der Waals surface area contributed by atoms with Gasteiger partial charge in [-0.05, 0) is 109 Å². The van der Waals surface area contributed by atoms with Crippen LogP contribution in [0.1, 0.15) is 44.7 Å². The van der Waals surface area contributed by atoms with Gasteiger partial charge in [-0.2, -0.15) is 0 Å². The van der Waals surface area contributed by atoms with Crippen molar-refractivity contribution in [2.75, 3.05) is 27.4 Å². The molecule has 0 bridgehead atoms. The Kier molecular flexibility index (Phi) is 11.1. The summed E-state index contributed by atoms with van der Waals surface area (Å²) in [6.45, 7) is 1.08. The molecule has 0 saturated heterocycles. The highest BCUT2D eigenvalue weighted by molar-refractivity contribution is 6.07. The van der Waals surface area contributed by atoms with Crippen LogP contribution in [0.15, 0.2) is 109 Å². The Labute approximate surface area is 246 Å². The largest absolute Gasteiger partial charge is 0.497 e. The summed E-state index contributed by atoms with van der Waals surface area (Å²) in [5.41, 5.74) is 2.98. The van der Waals surface area contributed by atoms with Gasteiger partial charge in [0, 0.05) is 11.1 Å². The monoisotopic (exact) mass is 562 g/mol. The van der Waals surface area contributed by atoms with Crippen molar-refractivity contribution in [3.63, 3.8) is 0 Å². The summed E-state index contributed by atoms with van der Waals surface area (Å²) in [4.78, 5) is 25.0. The Balaban J connectivity index is 1.14. The lowest BCUT2D eigenvalue weighted by Crippen LogP contribution is -2.03. The van der Waals surface area contributed by atoms with E-state index in [1.807, 2.05) is 48.5 Å². The molecule has 0 amide bonds. The fourth-order valence-electron chi connectivity index (χ4n) is 4.04. The van der Waals surface area contributed by atoms with Crippen molar-refractivity contribution in [3.8, 4) is 23.0 Å². The van der Waals surface area contributed by atoms with E-state index in [1.165, 1.54) is 0 Å². The lowest BCUT2D eigenvalue weighted by molar-refractivity contribution is 0.103. The maximum absolute atomic E-state index is 12.5. The second-order valence-electron chi connectivity index (χ2n) is 9.40. The van der Waals surface area contributed by atoms with Gasteiger partial charge in [-0.15, -0.1) is 0 Å². The summed E-state index contributed by atoms with van der Waals surface area (Å²) in [5.74, 6) is 2.76. The number of methoxy groups -OCH3 is 2. The molecule has 0 heterocycles. The summed E-state index contributed by atoms with van der Waals surface area (Å²) in [5, 5.41) is 0. The predicted molar refractivity (Wildman–Crippen MR) is 166 cm³/mol. The number of rotatable bonds is 15. The molecule has 6 heteroatoms. The minimum absolute atomic E-state index is 0.0800. The lowest BCUT2D eigenvalue weighted by Gasteiger charge is -2.08. The molecular formula is C36H34O6. The summed E-state index contributed by atoms with van der Waals surface area (Å²) in [6, 6.07) is 29.3. The fraction of sp³-hybridized carbons (Fsp3) is 0.167. The fourth-order valence-corrected chi connectivity index (χ4v) is 4.04. The minimum atomic E-state index is -0.0800. The first-order valence-electron chi connectivity index (χ1n) is 13.7. The topological polar surface area (TPSA) is 71.1 Å². The lowest BCUT2D eigenvalue weighted by atomic mass is 10.1. The second kappa shape index (κ2) is 15.6. The number of ketones is 2. The molecule has 214 valence electrons. The van der Waals surface area contributed by atoms with Gasteiger partial charge in [-0.1, -0.05) is 36.4 Å². The molecule has 0 spiro atoms. The van der Waals surface area contributed by atoms with Crippen LogP contribution in [0.5, 0.6) is 23.0 Å². The molecule has 0 aliphatic heterocycles. The maximum atomic E-state index is 12.5. The van der Waals surface area contributed by atoms with Gasteiger partial charge in [0.2, 0.25) is 0 Å². The summed E-state index contributed by atoms with van der Waals surface area (Å²) in [7, 11) is 3.23. The number of benzene rings is 4. The molecule has 0 aliphatic rings. The zero-order chi connectivity index (χ0) is 29.6. The Morgan fingerprint density at radius 1 is 0.548 bits per heavy atom. The van der Waals surface area contributed by atoms with Crippen LogP contribution in [0.25, 0.3) is 12.2 Å². The van der Waals surface area contributed by atoms with Gasteiger partial charge in [0.05, 0.1) is 27.4 Å². The van der Waals surface area contributed by atoms with Crippen molar-refractivity contribution in [1.82, 2.24) is 0 Å². The minimum Gasteiger partial charge on any atom is -0.497 e. The van der Waals surface area contributed by atoms with Crippen LogP contribution >= 0.6 is 0 Å². The average molecular weight is 563 g/mol. The Morgan fingerprint density at radius 2 is 0.952 bits per heavy atom. The third kappa shape index (κ3) is 9.24. The Hall–Kier alpha value is -5.10. The number of ether oxygens (including phenoxy) is 4. The summed E-state index contributed by atoms with van der Waals surface area (Å²) in [6.07, 6.45) is 8.28. The van der Waals surface area contributed by atoms with Gasteiger partial charge < -0.3 is 18.9 Å². The van der Waals surface area contributed by atoms with E-state index in [1.54, 1.807) is 87.1 Å². The van der Waals surface area contributed by atoms with E-state index in [0.717, 1.165) is 35.5 Å². The van der Waals surface area contributed by atoms with E-state index in [0.29, 0.717) is 35.8 Å². The van der Waals surface area contributed by atoms with E-state index in [2.05, 4.69) is 0 Å². The maximum Gasteiger partial charge on any atom is 0.185 e. The SMILES string of the molecule is COc1cccc(/C=C/C(=O)c2ccc(OCCCCOc3ccc(C(=O)/C=C/c4cccc(OC)c4)cc3)cc2)c1. The number of carbonyl (C=O) groups excluding carboxylic acids is 2. The van der Waals surface area contributed by atoms with Crippen LogP contribution in [-0.2, 0) is 0 Å². The highest BCUT2D eigenvalue weighted by atomic mass is 16.5. The normalized spacial score (nSPS) is 11.0. The smallest absolute Gasteiger partial charge is 0.185 e. The molecule has 0 atom stereocenters. The zero-order valence-corrected chi connectivity index (χ0v) is 23.8. The summed E-state index contributed by atoms with van der Waals surface area (Å²) >= 11 is 0. The van der Waals surface area contributed by atoms with Gasteiger partial charge in [0.25, 0.3) is 0 Å². The number of allylic oxidation sites excluding steroid dienone is 2. The molecule has 6 nitrogen and oxygen atoms in total. The van der Waals surface area contributed by atoms with Gasteiger partial charge in [-0.25, -0.2) is 0 Å². The van der Waals surface area contributed by atoms with Crippen LogP contribution in [0, 0.1) is 0 Å². The number of hydrogen-bond donors (Lipinski definition) is 0. The molecule has 4 rings (SSSR count). The summed E-state index contributed by atoms with van der Waals surface area (Å²) < 4.78 is 22.0. The number of unbranched alkanes of at least 4 members (excludes halogenated alkanes) is 1. The highest BCUT2D eigenvalue weighted by Crippen LogP contribution is 2.18.